The summed E-state index contributed by atoms with van der Waals surface area (Å²) in [5.74, 6) is -3.71. The lowest BCUT2D eigenvalue weighted by Gasteiger charge is -2.28. The van der Waals surface area contributed by atoms with E-state index in [1.54, 1.807) is 13.8 Å². The van der Waals surface area contributed by atoms with Crippen molar-refractivity contribution in [3.05, 3.63) is 18.2 Å². The molecule has 0 saturated carbocycles. The average molecular weight is 441 g/mol. The number of carbonyl (C=O) groups excluding carboxylic acids is 3. The van der Waals surface area contributed by atoms with Crippen molar-refractivity contribution in [1.82, 2.24) is 25.9 Å². The Morgan fingerprint density at radius 3 is 2.13 bits per heavy atom. The summed E-state index contributed by atoms with van der Waals surface area (Å²) in [6.07, 6.45) is 2.16. The van der Waals surface area contributed by atoms with Gasteiger partial charge >= 0.3 is 5.97 Å². The number of amides is 3. The second kappa shape index (κ2) is 12.0. The Bertz CT molecular complexity index is 751. The van der Waals surface area contributed by atoms with Crippen LogP contribution in [-0.4, -0.2) is 74.1 Å². The standard InChI is InChI=1S/C19H32N6O6/c1-5-9(2)14(18(29)25-15(11(4)26)19(30)31)24-17(28)13(23-16(27)10(3)20)6-12-7-21-8-22-12/h7-11,13-15,26H,5-6,20H2,1-4H3,(H,21,22)(H,23,27)(H,24,28)(H,25,29)(H,30,31). The molecular weight excluding hydrogens is 408 g/mol. The number of aliphatic hydroxyl groups is 1. The van der Waals surface area contributed by atoms with Gasteiger partial charge in [-0.2, -0.15) is 0 Å². The Morgan fingerprint density at radius 1 is 1.06 bits per heavy atom. The van der Waals surface area contributed by atoms with E-state index in [-0.39, 0.29) is 12.3 Å². The minimum Gasteiger partial charge on any atom is -0.480 e. The Morgan fingerprint density at radius 2 is 1.68 bits per heavy atom. The Hall–Kier alpha value is -2.99. The quantitative estimate of drug-likeness (QED) is 0.199. The van der Waals surface area contributed by atoms with E-state index in [2.05, 4.69) is 25.9 Å². The number of carboxylic acid groups (broad SMARTS) is 1. The fraction of sp³-hybridized carbons (Fsp3) is 0.632. The third-order valence-corrected chi connectivity index (χ3v) is 4.86. The van der Waals surface area contributed by atoms with Crippen molar-refractivity contribution in [2.24, 2.45) is 11.7 Å². The first-order chi connectivity index (χ1) is 14.5. The van der Waals surface area contributed by atoms with Crippen molar-refractivity contribution < 1.29 is 29.4 Å². The number of H-pyrrole nitrogens is 1. The van der Waals surface area contributed by atoms with Crippen molar-refractivity contribution >= 4 is 23.7 Å². The average Bonchev–Trinajstić information content (AvgIpc) is 3.21. The molecule has 0 fully saturated rings. The molecule has 8 N–H and O–H groups in total. The van der Waals surface area contributed by atoms with Gasteiger partial charge in [-0.1, -0.05) is 20.3 Å². The third kappa shape index (κ3) is 7.98. The number of imidazole rings is 1. The van der Waals surface area contributed by atoms with Crippen LogP contribution < -0.4 is 21.7 Å². The fourth-order valence-corrected chi connectivity index (χ4v) is 2.72. The van der Waals surface area contributed by atoms with Crippen LogP contribution in [-0.2, 0) is 25.6 Å². The van der Waals surface area contributed by atoms with E-state index >= 15 is 0 Å². The number of nitrogens with two attached hydrogens (primary N) is 1. The number of nitrogens with zero attached hydrogens (tertiary/aromatic N) is 1. The van der Waals surface area contributed by atoms with E-state index in [0.29, 0.717) is 12.1 Å². The predicted octanol–water partition coefficient (Wildman–Crippen LogP) is -1.73. The van der Waals surface area contributed by atoms with E-state index in [1.807, 2.05) is 0 Å². The van der Waals surface area contributed by atoms with Crippen molar-refractivity contribution in [2.75, 3.05) is 0 Å². The van der Waals surface area contributed by atoms with Gasteiger partial charge in [0.2, 0.25) is 17.7 Å². The molecule has 1 aromatic heterocycles. The topological polar surface area (TPSA) is 200 Å². The van der Waals surface area contributed by atoms with Crippen LogP contribution in [0.4, 0.5) is 0 Å². The monoisotopic (exact) mass is 440 g/mol. The molecular formula is C19H32N6O6. The van der Waals surface area contributed by atoms with Gasteiger partial charge in [-0.15, -0.1) is 0 Å². The molecule has 0 aliphatic carbocycles. The van der Waals surface area contributed by atoms with Gasteiger partial charge < -0.3 is 36.9 Å². The van der Waals surface area contributed by atoms with Gasteiger partial charge in [0.25, 0.3) is 0 Å². The summed E-state index contributed by atoms with van der Waals surface area (Å²) in [5, 5.41) is 26.2. The van der Waals surface area contributed by atoms with E-state index in [4.69, 9.17) is 5.73 Å². The number of aromatic nitrogens is 2. The molecule has 0 aromatic carbocycles. The van der Waals surface area contributed by atoms with Crippen LogP contribution in [0, 0.1) is 5.92 Å². The first kappa shape index (κ1) is 26.0. The van der Waals surface area contributed by atoms with Crippen LogP contribution in [0.25, 0.3) is 0 Å². The van der Waals surface area contributed by atoms with Crippen molar-refractivity contribution in [3.63, 3.8) is 0 Å². The highest BCUT2D eigenvalue weighted by atomic mass is 16.4. The van der Waals surface area contributed by atoms with Crippen LogP contribution in [0.2, 0.25) is 0 Å². The zero-order chi connectivity index (χ0) is 23.7. The normalized spacial score (nSPS) is 16.8. The third-order valence-electron chi connectivity index (χ3n) is 4.86. The molecule has 1 heterocycles. The minimum atomic E-state index is -1.53. The lowest BCUT2D eigenvalue weighted by atomic mass is 9.97. The molecule has 6 atom stereocenters. The lowest BCUT2D eigenvalue weighted by molar-refractivity contribution is -0.145. The van der Waals surface area contributed by atoms with E-state index in [1.165, 1.54) is 26.4 Å². The lowest BCUT2D eigenvalue weighted by Crippen LogP contribution is -2.60. The Balaban J connectivity index is 3.04. The number of aliphatic carboxylic acids is 1. The van der Waals surface area contributed by atoms with E-state index in [9.17, 15) is 29.4 Å². The number of carboxylic acids is 1. The highest BCUT2D eigenvalue weighted by Crippen LogP contribution is 2.10. The number of aromatic amines is 1. The van der Waals surface area contributed by atoms with Crippen molar-refractivity contribution in [3.8, 4) is 0 Å². The SMILES string of the molecule is CCC(C)C(NC(=O)C(Cc1cnc[nH]1)NC(=O)C(C)N)C(=O)NC(C(=O)O)C(C)O. The summed E-state index contributed by atoms with van der Waals surface area (Å²) in [5.41, 5.74) is 6.16. The zero-order valence-electron chi connectivity index (χ0n) is 18.1. The maximum absolute atomic E-state index is 13.0. The van der Waals surface area contributed by atoms with Gasteiger partial charge in [0.05, 0.1) is 18.5 Å². The Labute approximate surface area is 180 Å². The highest BCUT2D eigenvalue weighted by Gasteiger charge is 2.34. The number of carbonyl (C=O) groups is 4. The molecule has 174 valence electrons. The minimum absolute atomic E-state index is 0.0740. The summed E-state index contributed by atoms with van der Waals surface area (Å²) in [7, 11) is 0. The summed E-state index contributed by atoms with van der Waals surface area (Å²) in [6, 6.07) is -4.53. The predicted molar refractivity (Wildman–Crippen MR) is 111 cm³/mol. The van der Waals surface area contributed by atoms with Crippen LogP contribution >= 0.6 is 0 Å². The van der Waals surface area contributed by atoms with Gasteiger partial charge in [-0.25, -0.2) is 9.78 Å². The van der Waals surface area contributed by atoms with Gasteiger partial charge in [-0.3, -0.25) is 14.4 Å². The number of hydrogen-bond acceptors (Lipinski definition) is 7. The van der Waals surface area contributed by atoms with Gasteiger partial charge in [0, 0.05) is 18.3 Å². The summed E-state index contributed by atoms with van der Waals surface area (Å²) < 4.78 is 0. The van der Waals surface area contributed by atoms with Crippen molar-refractivity contribution in [2.45, 2.75) is 70.8 Å². The van der Waals surface area contributed by atoms with Crippen molar-refractivity contribution in [1.29, 1.82) is 0 Å². The molecule has 12 heteroatoms. The first-order valence-electron chi connectivity index (χ1n) is 10.0. The molecule has 0 aliphatic heterocycles. The second-order valence-corrected chi connectivity index (χ2v) is 7.57. The second-order valence-electron chi connectivity index (χ2n) is 7.57. The maximum atomic E-state index is 13.0. The zero-order valence-corrected chi connectivity index (χ0v) is 18.1. The molecule has 0 radical (unpaired) electrons. The summed E-state index contributed by atoms with van der Waals surface area (Å²) in [6.45, 7) is 6.23. The van der Waals surface area contributed by atoms with E-state index in [0.717, 1.165) is 0 Å². The molecule has 0 saturated heterocycles. The van der Waals surface area contributed by atoms with Gasteiger partial charge in [-0.05, 0) is 19.8 Å². The number of aliphatic hydroxyl groups excluding tert-OH is 1. The van der Waals surface area contributed by atoms with Crippen LogP contribution in [0.15, 0.2) is 12.5 Å². The summed E-state index contributed by atoms with van der Waals surface area (Å²) >= 11 is 0. The number of hydrogen-bond donors (Lipinski definition) is 7. The van der Waals surface area contributed by atoms with E-state index < -0.39 is 54.0 Å². The van der Waals surface area contributed by atoms with Crippen LogP contribution in [0.3, 0.4) is 0 Å². The maximum Gasteiger partial charge on any atom is 0.328 e. The molecule has 3 amide bonds. The fourth-order valence-electron chi connectivity index (χ4n) is 2.72. The molecule has 12 nitrogen and oxygen atoms in total. The smallest absolute Gasteiger partial charge is 0.328 e. The van der Waals surface area contributed by atoms with Crippen LogP contribution in [0.1, 0.15) is 39.8 Å². The molecule has 1 aromatic rings. The number of nitrogens with one attached hydrogen (secondary N) is 4. The van der Waals surface area contributed by atoms with Crippen LogP contribution in [0.5, 0.6) is 0 Å². The first-order valence-corrected chi connectivity index (χ1v) is 10.0. The van der Waals surface area contributed by atoms with Gasteiger partial charge in [0.1, 0.15) is 12.1 Å². The summed E-state index contributed by atoms with van der Waals surface area (Å²) in [4.78, 5) is 55.8. The molecule has 1 rings (SSSR count). The largest absolute Gasteiger partial charge is 0.480 e. The molecule has 31 heavy (non-hydrogen) atoms. The molecule has 6 unspecified atom stereocenters. The molecule has 0 bridgehead atoms. The Kier molecular flexibility index (Phi) is 10.1. The molecule has 0 spiro atoms. The van der Waals surface area contributed by atoms with Gasteiger partial charge in [0.15, 0.2) is 6.04 Å². The highest BCUT2D eigenvalue weighted by molar-refractivity contribution is 5.94. The number of rotatable bonds is 12. The molecule has 0 aliphatic rings.